The van der Waals surface area contributed by atoms with E-state index in [0.29, 0.717) is 11.3 Å². The number of aliphatic hydroxyl groups excluding tert-OH is 4. The first-order valence-electron chi connectivity index (χ1n) is 9.74. The van der Waals surface area contributed by atoms with Gasteiger partial charge in [0, 0.05) is 12.1 Å². The van der Waals surface area contributed by atoms with Gasteiger partial charge < -0.3 is 44.2 Å². The molecule has 3 aromatic rings. The van der Waals surface area contributed by atoms with Gasteiger partial charge in [0.05, 0.1) is 19.3 Å². The van der Waals surface area contributed by atoms with E-state index in [2.05, 4.69) is 0 Å². The van der Waals surface area contributed by atoms with Crippen molar-refractivity contribution in [2.24, 2.45) is 0 Å². The van der Waals surface area contributed by atoms with Gasteiger partial charge in [-0.25, -0.2) is 0 Å². The summed E-state index contributed by atoms with van der Waals surface area (Å²) < 4.78 is 21.4. The van der Waals surface area contributed by atoms with Crippen LogP contribution < -0.4 is 14.9 Å². The van der Waals surface area contributed by atoms with Crippen LogP contribution >= 0.6 is 0 Å². The number of hydrogen-bond acceptors (Lipinski definition) is 10. The molecule has 1 saturated heterocycles. The smallest absolute Gasteiger partial charge is 0.229 e. The molecule has 1 aromatic heterocycles. The molecule has 0 unspecified atom stereocenters. The summed E-state index contributed by atoms with van der Waals surface area (Å²) in [6.45, 7) is -0.614. The van der Waals surface area contributed by atoms with Crippen LogP contribution in [0.3, 0.4) is 0 Å². The number of benzene rings is 2. The molecule has 0 bridgehead atoms. The summed E-state index contributed by atoms with van der Waals surface area (Å²) in [5, 5.41) is 49.6. The molecule has 0 aliphatic carbocycles. The molecule has 0 spiro atoms. The highest BCUT2D eigenvalue weighted by molar-refractivity contribution is 5.88. The maximum Gasteiger partial charge on any atom is 0.229 e. The minimum absolute atomic E-state index is 0.0202. The summed E-state index contributed by atoms with van der Waals surface area (Å²) in [7, 11) is 1.53. The zero-order valence-corrected chi connectivity index (χ0v) is 16.9. The van der Waals surface area contributed by atoms with Gasteiger partial charge in [-0.05, 0) is 17.7 Å². The lowest BCUT2D eigenvalue weighted by Crippen LogP contribution is -2.60. The lowest BCUT2D eigenvalue weighted by Gasteiger charge is -2.39. The molecule has 1 aliphatic rings. The molecule has 0 amide bonds. The van der Waals surface area contributed by atoms with Crippen LogP contribution in [0.1, 0.15) is 0 Å². The van der Waals surface area contributed by atoms with E-state index in [1.807, 2.05) is 0 Å². The molecule has 1 fully saturated rings. The van der Waals surface area contributed by atoms with Crippen molar-refractivity contribution in [1.29, 1.82) is 0 Å². The fraction of sp³-hybridized carbons (Fsp3) is 0.318. The molecule has 1 aliphatic heterocycles. The SMILES string of the molecule is COc1ccc(-c2coc3cc(O[C@H]4O[C@@H](CO)[C@@H](O)[C@@H](O)[C@H]4O)cc(O)c3c2=O)cc1. The van der Waals surface area contributed by atoms with Gasteiger partial charge in [-0.3, -0.25) is 4.79 Å². The third kappa shape index (κ3) is 3.90. The summed E-state index contributed by atoms with van der Waals surface area (Å²) >= 11 is 0. The number of rotatable bonds is 5. The molecule has 4 rings (SSSR count). The van der Waals surface area contributed by atoms with Crippen molar-refractivity contribution < 1.29 is 44.2 Å². The van der Waals surface area contributed by atoms with Crippen LogP contribution in [0.4, 0.5) is 0 Å². The van der Waals surface area contributed by atoms with Gasteiger partial charge in [-0.2, -0.15) is 0 Å². The van der Waals surface area contributed by atoms with Crippen molar-refractivity contribution in [1.82, 2.24) is 0 Å². The average Bonchev–Trinajstić information content (AvgIpc) is 2.79. The van der Waals surface area contributed by atoms with Crippen molar-refractivity contribution >= 4 is 11.0 Å². The summed E-state index contributed by atoms with van der Waals surface area (Å²) in [4.78, 5) is 13.0. The summed E-state index contributed by atoms with van der Waals surface area (Å²) in [5.74, 6) is 0.169. The zero-order chi connectivity index (χ0) is 23.0. The monoisotopic (exact) mass is 446 g/mol. The maximum atomic E-state index is 13.0. The Hall–Kier alpha value is -3.15. The standard InChI is InChI=1S/C22H22O10/c1-29-11-4-2-10(3-5-11)13-9-30-15-7-12(6-14(24)17(15)18(13)25)31-22-21(28)20(27)19(26)16(8-23)32-22/h2-7,9,16,19-24,26-28H,8H2,1H3/t16-,19+,20+,21+,22-/m0/s1. The minimum atomic E-state index is -1.63. The van der Waals surface area contributed by atoms with Crippen molar-refractivity contribution in [3.05, 3.63) is 52.9 Å². The Morgan fingerprint density at radius 1 is 1.00 bits per heavy atom. The number of phenols is 1. The van der Waals surface area contributed by atoms with E-state index in [4.69, 9.17) is 18.6 Å². The van der Waals surface area contributed by atoms with Crippen LogP contribution in [0, 0.1) is 0 Å². The van der Waals surface area contributed by atoms with Gasteiger partial charge >= 0.3 is 0 Å². The highest BCUT2D eigenvalue weighted by Crippen LogP contribution is 2.32. The Morgan fingerprint density at radius 2 is 1.72 bits per heavy atom. The van der Waals surface area contributed by atoms with Crippen molar-refractivity contribution in [2.75, 3.05) is 13.7 Å². The lowest BCUT2D eigenvalue weighted by atomic mass is 9.99. The first-order valence-corrected chi connectivity index (χ1v) is 9.74. The zero-order valence-electron chi connectivity index (χ0n) is 16.9. The van der Waals surface area contributed by atoms with E-state index in [1.165, 1.54) is 19.4 Å². The second-order valence-corrected chi connectivity index (χ2v) is 7.34. The molecule has 32 heavy (non-hydrogen) atoms. The van der Waals surface area contributed by atoms with Gasteiger partial charge in [0.1, 0.15) is 58.9 Å². The predicted octanol–water partition coefficient (Wildman–Crippen LogP) is 0.353. The molecule has 170 valence electrons. The first kappa shape index (κ1) is 22.1. The van der Waals surface area contributed by atoms with Crippen LogP contribution in [0.2, 0.25) is 0 Å². The molecule has 2 heterocycles. The van der Waals surface area contributed by atoms with E-state index in [-0.39, 0.29) is 22.3 Å². The fourth-order valence-electron chi connectivity index (χ4n) is 3.54. The van der Waals surface area contributed by atoms with E-state index in [0.717, 1.165) is 6.07 Å². The predicted molar refractivity (Wildman–Crippen MR) is 111 cm³/mol. The molecule has 0 saturated carbocycles. The number of fused-ring (bicyclic) bond motifs is 1. The van der Waals surface area contributed by atoms with E-state index < -0.39 is 48.5 Å². The molecule has 10 nitrogen and oxygen atoms in total. The molecular formula is C22H22O10. The topological polar surface area (TPSA) is 159 Å². The second kappa shape index (κ2) is 8.77. The largest absolute Gasteiger partial charge is 0.507 e. The lowest BCUT2D eigenvalue weighted by molar-refractivity contribution is -0.277. The number of hydrogen-bond donors (Lipinski definition) is 5. The van der Waals surface area contributed by atoms with E-state index in [9.17, 15) is 30.3 Å². The van der Waals surface area contributed by atoms with Gasteiger partial charge in [-0.15, -0.1) is 0 Å². The van der Waals surface area contributed by atoms with Gasteiger partial charge in [0.15, 0.2) is 0 Å². The van der Waals surface area contributed by atoms with Gasteiger partial charge in [-0.1, -0.05) is 12.1 Å². The Balaban J connectivity index is 1.66. The first-order chi connectivity index (χ1) is 15.3. The Morgan fingerprint density at radius 3 is 2.38 bits per heavy atom. The highest BCUT2D eigenvalue weighted by atomic mass is 16.7. The van der Waals surface area contributed by atoms with E-state index >= 15 is 0 Å². The second-order valence-electron chi connectivity index (χ2n) is 7.34. The number of ether oxygens (including phenoxy) is 3. The maximum absolute atomic E-state index is 13.0. The average molecular weight is 446 g/mol. The number of phenolic OH excluding ortho intramolecular Hbond substituents is 1. The fourth-order valence-corrected chi connectivity index (χ4v) is 3.54. The quantitative estimate of drug-likeness (QED) is 0.370. The highest BCUT2D eigenvalue weighted by Gasteiger charge is 2.44. The summed E-state index contributed by atoms with van der Waals surface area (Å²) in [6, 6.07) is 9.20. The third-order valence-corrected chi connectivity index (χ3v) is 5.33. The molecule has 0 radical (unpaired) electrons. The minimum Gasteiger partial charge on any atom is -0.507 e. The van der Waals surface area contributed by atoms with Gasteiger partial charge in [0.25, 0.3) is 0 Å². The normalized spacial score (nSPS) is 25.6. The van der Waals surface area contributed by atoms with Crippen LogP contribution in [-0.2, 0) is 4.74 Å². The Bertz CT molecular complexity index is 1150. The Labute approximate surface area is 181 Å². The molecule has 5 N–H and O–H groups in total. The molecule has 2 aromatic carbocycles. The number of aliphatic hydroxyl groups is 4. The summed E-state index contributed by atoms with van der Waals surface area (Å²) in [5.41, 5.74) is 0.362. The van der Waals surface area contributed by atoms with Crippen molar-refractivity contribution in [2.45, 2.75) is 30.7 Å². The molecule has 10 heteroatoms. The van der Waals surface area contributed by atoms with Gasteiger partial charge in [0.2, 0.25) is 11.7 Å². The number of aromatic hydroxyl groups is 1. The number of methoxy groups -OCH3 is 1. The molecule has 5 atom stereocenters. The van der Waals surface area contributed by atoms with Crippen LogP contribution in [0.5, 0.6) is 17.2 Å². The summed E-state index contributed by atoms with van der Waals surface area (Å²) in [6.07, 6.45) is -6.14. The van der Waals surface area contributed by atoms with Crippen LogP contribution in [-0.4, -0.2) is 70.0 Å². The Kier molecular flexibility index (Phi) is 6.04. The van der Waals surface area contributed by atoms with Crippen molar-refractivity contribution in [3.63, 3.8) is 0 Å². The molecular weight excluding hydrogens is 424 g/mol. The van der Waals surface area contributed by atoms with Crippen LogP contribution in [0.15, 0.2) is 51.9 Å². The third-order valence-electron chi connectivity index (χ3n) is 5.33. The van der Waals surface area contributed by atoms with Crippen LogP contribution in [0.25, 0.3) is 22.1 Å². The van der Waals surface area contributed by atoms with E-state index in [1.54, 1.807) is 24.3 Å². The van der Waals surface area contributed by atoms with Crippen molar-refractivity contribution in [3.8, 4) is 28.4 Å².